The van der Waals surface area contributed by atoms with Crippen LogP contribution in [0.1, 0.15) is 19.4 Å². The summed E-state index contributed by atoms with van der Waals surface area (Å²) in [6.07, 6.45) is 4.78. The summed E-state index contributed by atoms with van der Waals surface area (Å²) in [5.41, 5.74) is 2.55. The van der Waals surface area contributed by atoms with Crippen LogP contribution in [0.25, 0.3) is 17.5 Å². The summed E-state index contributed by atoms with van der Waals surface area (Å²) in [4.78, 5) is 12.9. The molecule has 0 atom stereocenters. The highest BCUT2D eigenvalue weighted by atomic mass is 32.1. The predicted octanol–water partition coefficient (Wildman–Crippen LogP) is 4.91. The first-order valence-electron chi connectivity index (χ1n) is 9.52. The molecule has 0 aliphatic heterocycles. The second kappa shape index (κ2) is 9.75. The number of nitrogens with zero attached hydrogens (tertiary/aromatic N) is 5. The van der Waals surface area contributed by atoms with E-state index in [0.29, 0.717) is 16.2 Å². The van der Waals surface area contributed by atoms with Crippen molar-refractivity contribution >= 4 is 35.9 Å². The SMILES string of the molecule is CCN(CC)c1ccc(-c2n[nH]c(=S)n2N=CC=Cc2ccccc2[N+](=O)[O-])cc1. The first kappa shape index (κ1) is 21.1. The molecule has 30 heavy (non-hydrogen) atoms. The van der Waals surface area contributed by atoms with Gasteiger partial charge >= 0.3 is 0 Å². The first-order chi connectivity index (χ1) is 14.5. The Bertz CT molecular complexity index is 1130. The Labute approximate surface area is 179 Å². The molecule has 154 valence electrons. The van der Waals surface area contributed by atoms with Crippen LogP contribution in [0, 0.1) is 14.9 Å². The number of anilines is 1. The van der Waals surface area contributed by atoms with Crippen LogP contribution in [-0.4, -0.2) is 39.1 Å². The lowest BCUT2D eigenvalue weighted by molar-refractivity contribution is -0.385. The highest BCUT2D eigenvalue weighted by Gasteiger charge is 2.10. The second-order valence-electron chi connectivity index (χ2n) is 6.32. The van der Waals surface area contributed by atoms with Crippen molar-refractivity contribution in [1.82, 2.24) is 14.9 Å². The maximum atomic E-state index is 11.1. The lowest BCUT2D eigenvalue weighted by atomic mass is 10.1. The minimum absolute atomic E-state index is 0.0380. The number of nitrogens with one attached hydrogen (secondary N) is 1. The molecule has 1 heterocycles. The van der Waals surface area contributed by atoms with Crippen molar-refractivity contribution in [3.8, 4) is 11.4 Å². The van der Waals surface area contributed by atoms with E-state index in [4.69, 9.17) is 12.2 Å². The zero-order chi connectivity index (χ0) is 21.5. The lowest BCUT2D eigenvalue weighted by Gasteiger charge is -2.20. The van der Waals surface area contributed by atoms with Crippen LogP contribution in [-0.2, 0) is 0 Å². The van der Waals surface area contributed by atoms with E-state index in [-0.39, 0.29) is 5.69 Å². The van der Waals surface area contributed by atoms with Gasteiger partial charge in [0, 0.05) is 36.6 Å². The number of nitro benzene ring substituents is 1. The number of para-hydroxylation sites is 1. The fourth-order valence-electron chi connectivity index (χ4n) is 3.04. The molecule has 0 saturated heterocycles. The van der Waals surface area contributed by atoms with E-state index >= 15 is 0 Å². The Morgan fingerprint density at radius 2 is 1.90 bits per heavy atom. The van der Waals surface area contributed by atoms with E-state index in [2.05, 4.69) is 34.0 Å². The number of aromatic nitrogens is 3. The molecule has 0 bridgehead atoms. The average molecular weight is 423 g/mol. The van der Waals surface area contributed by atoms with Crippen LogP contribution in [0.5, 0.6) is 0 Å². The fraction of sp³-hybridized carbons (Fsp3) is 0.190. The van der Waals surface area contributed by atoms with Gasteiger partial charge in [-0.1, -0.05) is 12.1 Å². The highest BCUT2D eigenvalue weighted by molar-refractivity contribution is 7.71. The van der Waals surface area contributed by atoms with E-state index in [1.807, 2.05) is 24.3 Å². The summed E-state index contributed by atoms with van der Waals surface area (Å²) in [5, 5.41) is 22.5. The summed E-state index contributed by atoms with van der Waals surface area (Å²) in [5.74, 6) is 0.585. The maximum absolute atomic E-state index is 11.1. The average Bonchev–Trinajstić information content (AvgIpc) is 3.13. The van der Waals surface area contributed by atoms with Gasteiger partial charge in [0.15, 0.2) is 5.82 Å². The Balaban J connectivity index is 1.83. The third kappa shape index (κ3) is 4.69. The number of rotatable bonds is 8. The van der Waals surface area contributed by atoms with Crippen molar-refractivity contribution in [2.75, 3.05) is 18.0 Å². The Morgan fingerprint density at radius 3 is 2.57 bits per heavy atom. The molecule has 2 aromatic carbocycles. The third-order valence-electron chi connectivity index (χ3n) is 4.58. The third-order valence-corrected chi connectivity index (χ3v) is 4.85. The Morgan fingerprint density at radius 1 is 1.20 bits per heavy atom. The smallest absolute Gasteiger partial charge is 0.276 e. The van der Waals surface area contributed by atoms with E-state index in [0.717, 1.165) is 24.3 Å². The van der Waals surface area contributed by atoms with Gasteiger partial charge in [-0.15, -0.1) is 0 Å². The van der Waals surface area contributed by atoms with Crippen LogP contribution in [0.4, 0.5) is 11.4 Å². The van der Waals surface area contributed by atoms with Crippen LogP contribution in [0.15, 0.2) is 59.7 Å². The zero-order valence-corrected chi connectivity index (χ0v) is 17.5. The molecule has 0 saturated carbocycles. The summed E-state index contributed by atoms with van der Waals surface area (Å²) >= 11 is 5.29. The number of aromatic amines is 1. The molecule has 3 aromatic rings. The largest absolute Gasteiger partial charge is 0.372 e. The van der Waals surface area contributed by atoms with Crippen molar-refractivity contribution in [3.05, 3.63) is 75.1 Å². The van der Waals surface area contributed by atoms with Crippen molar-refractivity contribution in [2.24, 2.45) is 5.10 Å². The summed E-state index contributed by atoms with van der Waals surface area (Å²) < 4.78 is 1.87. The summed E-state index contributed by atoms with van der Waals surface area (Å²) in [6.45, 7) is 6.11. The van der Waals surface area contributed by atoms with Gasteiger partial charge in [0.1, 0.15) is 0 Å². The van der Waals surface area contributed by atoms with Gasteiger partial charge < -0.3 is 4.90 Å². The molecule has 1 N–H and O–H groups in total. The maximum Gasteiger partial charge on any atom is 0.276 e. The van der Waals surface area contributed by atoms with Crippen molar-refractivity contribution < 1.29 is 4.92 Å². The Kier molecular flexibility index (Phi) is 6.87. The Hall–Kier alpha value is -3.59. The first-order valence-corrected chi connectivity index (χ1v) is 9.93. The molecular formula is C21H22N6O2S. The van der Waals surface area contributed by atoms with E-state index < -0.39 is 4.92 Å². The molecular weight excluding hydrogens is 400 g/mol. The van der Waals surface area contributed by atoms with Gasteiger partial charge in [0.25, 0.3) is 5.69 Å². The quantitative estimate of drug-likeness (QED) is 0.241. The number of hydrogen-bond donors (Lipinski definition) is 1. The lowest BCUT2D eigenvalue weighted by Crippen LogP contribution is -2.21. The van der Waals surface area contributed by atoms with E-state index in [1.165, 1.54) is 17.0 Å². The summed E-state index contributed by atoms with van der Waals surface area (Å²) in [7, 11) is 0. The van der Waals surface area contributed by atoms with Crippen LogP contribution < -0.4 is 4.90 Å². The molecule has 0 fully saturated rings. The van der Waals surface area contributed by atoms with Crippen molar-refractivity contribution in [1.29, 1.82) is 0 Å². The molecule has 9 heteroatoms. The van der Waals surface area contributed by atoms with Gasteiger partial charge in [0.05, 0.1) is 10.5 Å². The molecule has 0 radical (unpaired) electrons. The molecule has 3 rings (SSSR count). The fourth-order valence-corrected chi connectivity index (χ4v) is 3.22. The molecule has 8 nitrogen and oxygen atoms in total. The molecule has 0 aliphatic rings. The van der Waals surface area contributed by atoms with Crippen LogP contribution in [0.3, 0.4) is 0 Å². The van der Waals surface area contributed by atoms with Crippen LogP contribution in [0.2, 0.25) is 0 Å². The topological polar surface area (TPSA) is 92.3 Å². The summed E-state index contributed by atoms with van der Waals surface area (Å²) in [6, 6.07) is 14.6. The molecule has 0 spiro atoms. The minimum Gasteiger partial charge on any atom is -0.372 e. The van der Waals surface area contributed by atoms with Gasteiger partial charge in [-0.25, -0.2) is 5.10 Å². The van der Waals surface area contributed by atoms with Crippen molar-refractivity contribution in [2.45, 2.75) is 13.8 Å². The van der Waals surface area contributed by atoms with Gasteiger partial charge in [-0.05, 0) is 68.5 Å². The van der Waals surface area contributed by atoms with Crippen LogP contribution >= 0.6 is 12.2 Å². The monoisotopic (exact) mass is 422 g/mol. The van der Waals surface area contributed by atoms with E-state index in [1.54, 1.807) is 30.4 Å². The van der Waals surface area contributed by atoms with Gasteiger partial charge in [-0.3, -0.25) is 10.1 Å². The number of nitro groups is 1. The number of H-pyrrole nitrogens is 1. The number of benzene rings is 2. The molecule has 0 amide bonds. The number of allylic oxidation sites excluding steroid dienone is 1. The number of hydrogen-bond acceptors (Lipinski definition) is 6. The molecule has 0 unspecified atom stereocenters. The standard InChI is InChI=1S/C21H22N6O2S/c1-3-25(4-2)18-13-11-17(12-14-18)20-23-24-21(30)26(20)22-15-7-9-16-8-5-6-10-19(16)27(28)29/h5-15H,3-4H2,1-2H3,(H,24,30). The van der Waals surface area contributed by atoms with E-state index in [9.17, 15) is 10.1 Å². The normalized spacial score (nSPS) is 11.4. The van der Waals surface area contributed by atoms with Crippen molar-refractivity contribution in [3.63, 3.8) is 0 Å². The predicted molar refractivity (Wildman–Crippen MR) is 122 cm³/mol. The second-order valence-corrected chi connectivity index (χ2v) is 6.71. The zero-order valence-electron chi connectivity index (χ0n) is 16.7. The van der Waals surface area contributed by atoms with Gasteiger partial charge in [-0.2, -0.15) is 14.9 Å². The molecule has 1 aromatic heterocycles. The van der Waals surface area contributed by atoms with Gasteiger partial charge in [0.2, 0.25) is 4.77 Å². The molecule has 0 aliphatic carbocycles. The minimum atomic E-state index is -0.414. The highest BCUT2D eigenvalue weighted by Crippen LogP contribution is 2.22.